The summed E-state index contributed by atoms with van der Waals surface area (Å²) in [6, 6.07) is 11.7. The van der Waals surface area contributed by atoms with E-state index in [0.29, 0.717) is 37.6 Å². The predicted octanol–water partition coefficient (Wildman–Crippen LogP) is 2.17. The van der Waals surface area contributed by atoms with Crippen LogP contribution in [0.2, 0.25) is 0 Å². The molecule has 1 aliphatic rings. The highest BCUT2D eigenvalue weighted by atomic mass is 32.2. The van der Waals surface area contributed by atoms with Crippen LogP contribution in [0.1, 0.15) is 6.42 Å². The van der Waals surface area contributed by atoms with Crippen LogP contribution >= 0.6 is 0 Å². The zero-order chi connectivity index (χ0) is 20.9. The number of hydrogen-bond acceptors (Lipinski definition) is 5. The quantitative estimate of drug-likeness (QED) is 0.741. The summed E-state index contributed by atoms with van der Waals surface area (Å²) in [6.45, 7) is 2.48. The van der Waals surface area contributed by atoms with Gasteiger partial charge in [-0.2, -0.15) is 4.31 Å². The van der Waals surface area contributed by atoms with E-state index in [0.717, 1.165) is 0 Å². The highest BCUT2D eigenvalue weighted by molar-refractivity contribution is 7.89. The maximum absolute atomic E-state index is 12.8. The minimum Gasteiger partial charge on any atom is -0.493 e. The van der Waals surface area contributed by atoms with Gasteiger partial charge >= 0.3 is 0 Å². The average molecular weight is 421 g/mol. The lowest BCUT2D eigenvalue weighted by molar-refractivity contribution is -0.116. The third kappa shape index (κ3) is 5.75. The van der Waals surface area contributed by atoms with Crippen LogP contribution in [0.4, 0.5) is 10.1 Å². The number of anilines is 1. The Bertz CT molecular complexity index is 925. The zero-order valence-corrected chi connectivity index (χ0v) is 17.0. The Hall–Kier alpha value is -2.49. The molecule has 1 fully saturated rings. The number of nitrogens with zero attached hydrogens (tertiary/aromatic N) is 2. The van der Waals surface area contributed by atoms with Crippen molar-refractivity contribution in [3.8, 4) is 5.75 Å². The summed E-state index contributed by atoms with van der Waals surface area (Å²) < 4.78 is 45.1. The van der Waals surface area contributed by atoms with E-state index in [4.69, 9.17) is 4.74 Å². The predicted molar refractivity (Wildman–Crippen MR) is 108 cm³/mol. The Morgan fingerprint density at radius 2 is 1.66 bits per heavy atom. The first-order valence-electron chi connectivity index (χ1n) is 9.31. The molecular formula is C20H24FN3O4S. The van der Waals surface area contributed by atoms with Gasteiger partial charge in [-0.05, 0) is 55.6 Å². The molecule has 0 aromatic heterocycles. The van der Waals surface area contributed by atoms with Gasteiger partial charge in [0.15, 0.2) is 0 Å². The number of sulfonamides is 1. The summed E-state index contributed by atoms with van der Waals surface area (Å²) in [6.07, 6.45) is 0.110. The maximum atomic E-state index is 12.8. The van der Waals surface area contributed by atoms with E-state index < -0.39 is 10.0 Å². The van der Waals surface area contributed by atoms with E-state index in [2.05, 4.69) is 10.2 Å². The largest absolute Gasteiger partial charge is 0.493 e. The van der Waals surface area contributed by atoms with E-state index in [1.165, 1.54) is 40.7 Å². The summed E-state index contributed by atoms with van der Waals surface area (Å²) in [5, 5.41) is 2.71. The van der Waals surface area contributed by atoms with E-state index >= 15 is 0 Å². The van der Waals surface area contributed by atoms with Gasteiger partial charge in [-0.25, -0.2) is 12.8 Å². The number of nitrogens with one attached hydrogen (secondary N) is 1. The molecule has 0 bridgehead atoms. The van der Waals surface area contributed by atoms with Gasteiger partial charge in [0, 0.05) is 31.9 Å². The number of likely N-dealkylation sites (N-methyl/N-ethyl adjacent to an activating group) is 1. The Balaban J connectivity index is 1.50. The molecule has 0 unspecified atom stereocenters. The van der Waals surface area contributed by atoms with Crippen molar-refractivity contribution in [2.45, 2.75) is 11.3 Å². The molecule has 7 nitrogen and oxygen atoms in total. The molecule has 2 aromatic carbocycles. The van der Waals surface area contributed by atoms with Crippen molar-refractivity contribution < 1.29 is 22.3 Å². The first-order valence-corrected chi connectivity index (χ1v) is 10.8. The van der Waals surface area contributed by atoms with Crippen molar-refractivity contribution in [2.75, 3.05) is 45.2 Å². The molecule has 0 aliphatic carbocycles. The van der Waals surface area contributed by atoms with Crippen LogP contribution in [0, 0.1) is 5.82 Å². The third-order valence-corrected chi connectivity index (χ3v) is 6.56. The topological polar surface area (TPSA) is 79.0 Å². The van der Waals surface area contributed by atoms with Gasteiger partial charge in [0.2, 0.25) is 15.9 Å². The second-order valence-electron chi connectivity index (χ2n) is 6.83. The Morgan fingerprint density at radius 3 is 2.28 bits per heavy atom. The number of amides is 1. The van der Waals surface area contributed by atoms with Crippen molar-refractivity contribution in [1.29, 1.82) is 0 Å². The number of piperazine rings is 1. The van der Waals surface area contributed by atoms with Gasteiger partial charge in [0.25, 0.3) is 0 Å². The molecule has 3 rings (SSSR count). The number of carbonyl (C=O) groups is 1. The molecule has 29 heavy (non-hydrogen) atoms. The zero-order valence-electron chi connectivity index (χ0n) is 16.2. The summed E-state index contributed by atoms with van der Waals surface area (Å²) >= 11 is 0. The van der Waals surface area contributed by atoms with Crippen molar-refractivity contribution in [3.05, 3.63) is 54.3 Å². The number of hydrogen-bond donors (Lipinski definition) is 1. The van der Waals surface area contributed by atoms with Crippen LogP contribution < -0.4 is 10.1 Å². The molecule has 2 aromatic rings. The SMILES string of the molecule is CN1CCN(S(=O)(=O)c2ccc(NC(=O)CCOc3ccc(F)cc3)cc2)CC1. The average Bonchev–Trinajstić information content (AvgIpc) is 2.70. The van der Waals surface area contributed by atoms with Crippen LogP contribution in [0.3, 0.4) is 0 Å². The molecule has 1 amide bonds. The molecule has 9 heteroatoms. The summed E-state index contributed by atoms with van der Waals surface area (Å²) in [5.74, 6) is -0.132. The number of ether oxygens (including phenoxy) is 1. The highest BCUT2D eigenvalue weighted by Crippen LogP contribution is 2.20. The molecule has 1 heterocycles. The van der Waals surface area contributed by atoms with Gasteiger partial charge in [0.05, 0.1) is 17.9 Å². The maximum Gasteiger partial charge on any atom is 0.243 e. The van der Waals surface area contributed by atoms with Crippen LogP contribution in [-0.4, -0.2) is 63.4 Å². The van der Waals surface area contributed by atoms with Gasteiger partial charge in [-0.15, -0.1) is 0 Å². The lowest BCUT2D eigenvalue weighted by atomic mass is 10.3. The smallest absolute Gasteiger partial charge is 0.243 e. The fraction of sp³-hybridized carbons (Fsp3) is 0.350. The first kappa shape index (κ1) is 21.2. The van der Waals surface area contributed by atoms with Gasteiger partial charge in [-0.3, -0.25) is 4.79 Å². The second-order valence-corrected chi connectivity index (χ2v) is 8.77. The van der Waals surface area contributed by atoms with Gasteiger partial charge in [-0.1, -0.05) is 0 Å². The molecule has 1 saturated heterocycles. The molecule has 1 aliphatic heterocycles. The monoisotopic (exact) mass is 421 g/mol. The van der Waals surface area contributed by atoms with Crippen LogP contribution in [-0.2, 0) is 14.8 Å². The lowest BCUT2D eigenvalue weighted by Crippen LogP contribution is -2.46. The summed E-state index contributed by atoms with van der Waals surface area (Å²) in [7, 11) is -1.57. The van der Waals surface area contributed by atoms with Crippen molar-refractivity contribution >= 4 is 21.6 Å². The molecule has 0 radical (unpaired) electrons. The van der Waals surface area contributed by atoms with E-state index in [9.17, 15) is 17.6 Å². The lowest BCUT2D eigenvalue weighted by Gasteiger charge is -2.31. The number of carbonyl (C=O) groups excluding carboxylic acids is 1. The molecule has 156 valence electrons. The molecule has 0 spiro atoms. The molecule has 0 atom stereocenters. The Labute approximate surface area is 170 Å². The van der Waals surface area contributed by atoms with Gasteiger partial charge in [0.1, 0.15) is 11.6 Å². The minimum absolute atomic E-state index is 0.110. The fourth-order valence-electron chi connectivity index (χ4n) is 2.90. The first-order chi connectivity index (χ1) is 13.8. The summed E-state index contributed by atoms with van der Waals surface area (Å²) in [5.41, 5.74) is 0.508. The van der Waals surface area contributed by atoms with Crippen molar-refractivity contribution in [3.63, 3.8) is 0 Å². The highest BCUT2D eigenvalue weighted by Gasteiger charge is 2.27. The van der Waals surface area contributed by atoms with Crippen molar-refractivity contribution in [2.24, 2.45) is 0 Å². The normalized spacial score (nSPS) is 15.8. The van der Waals surface area contributed by atoms with Gasteiger partial charge < -0.3 is 15.0 Å². The van der Waals surface area contributed by atoms with Crippen LogP contribution in [0.25, 0.3) is 0 Å². The second kappa shape index (κ2) is 9.34. The molecule has 0 saturated carbocycles. The molecule has 1 N–H and O–H groups in total. The van der Waals surface area contributed by atoms with E-state index in [-0.39, 0.29) is 29.6 Å². The van der Waals surface area contributed by atoms with Crippen molar-refractivity contribution in [1.82, 2.24) is 9.21 Å². The Kier molecular flexibility index (Phi) is 6.83. The van der Waals surface area contributed by atoms with E-state index in [1.807, 2.05) is 7.05 Å². The minimum atomic E-state index is -3.53. The molecular weight excluding hydrogens is 397 g/mol. The standard InChI is InChI=1S/C20H24FN3O4S/c1-23-11-13-24(14-12-23)29(26,27)19-8-4-17(5-9-19)22-20(25)10-15-28-18-6-2-16(21)3-7-18/h2-9H,10-15H2,1H3,(H,22,25). The number of halogens is 1. The fourth-order valence-corrected chi connectivity index (χ4v) is 4.33. The summed E-state index contributed by atoms with van der Waals surface area (Å²) in [4.78, 5) is 14.3. The van der Waals surface area contributed by atoms with Crippen LogP contribution in [0.15, 0.2) is 53.4 Å². The van der Waals surface area contributed by atoms with E-state index in [1.54, 1.807) is 12.1 Å². The number of rotatable bonds is 7. The van der Waals surface area contributed by atoms with Crippen LogP contribution in [0.5, 0.6) is 5.75 Å². The Morgan fingerprint density at radius 1 is 1.03 bits per heavy atom. The third-order valence-electron chi connectivity index (χ3n) is 4.65. The number of benzene rings is 2.